The topological polar surface area (TPSA) is 249 Å². The second kappa shape index (κ2) is 16.4. The maximum Gasteiger partial charge on any atom is 0.299 e. The van der Waals surface area contributed by atoms with Gasteiger partial charge in [0.1, 0.15) is 16.1 Å². The first-order valence-electron chi connectivity index (χ1n) is 19.3. The van der Waals surface area contributed by atoms with Gasteiger partial charge in [-0.05, 0) is 83.9 Å². The van der Waals surface area contributed by atoms with Crippen molar-refractivity contribution in [2.24, 2.45) is 5.92 Å². The number of nitro benzene ring substituents is 2. The van der Waals surface area contributed by atoms with Gasteiger partial charge in [-0.3, -0.25) is 34.4 Å². The number of piperidine rings is 1. The molecule has 1 amide bonds. The Morgan fingerprint density at radius 2 is 1.74 bits per heavy atom. The summed E-state index contributed by atoms with van der Waals surface area (Å²) >= 11 is 3.32. The molecule has 0 saturated carbocycles. The third-order valence-corrected chi connectivity index (χ3v) is 12.0. The second-order valence-corrected chi connectivity index (χ2v) is 18.3. The second-order valence-electron chi connectivity index (χ2n) is 16.3. The molecular weight excluding hydrogens is 831 g/mol. The fourth-order valence-corrected chi connectivity index (χ4v) is 8.68. The fraction of sp³-hybridized carbons (Fsp3) is 0.341. The molecule has 20 heteroatoms. The monoisotopic (exact) mass is 874 g/mol. The maximum absolute atomic E-state index is 14.2. The Morgan fingerprint density at radius 3 is 2.44 bits per heavy atom. The molecule has 7 rings (SSSR count). The zero-order valence-electron chi connectivity index (χ0n) is 33.6. The van der Waals surface area contributed by atoms with Gasteiger partial charge in [0.15, 0.2) is 16.4 Å². The summed E-state index contributed by atoms with van der Waals surface area (Å²) < 4.78 is 47.1. The molecule has 1 atom stereocenters. The van der Waals surface area contributed by atoms with Crippen molar-refractivity contribution in [1.29, 1.82) is 0 Å². The third-order valence-electron chi connectivity index (χ3n) is 10.8. The summed E-state index contributed by atoms with van der Waals surface area (Å²) in [6.07, 6.45) is 1.64. The molecule has 320 valence electrons. The van der Waals surface area contributed by atoms with Crippen LogP contribution in [-0.4, -0.2) is 77.0 Å². The molecule has 2 heterocycles. The van der Waals surface area contributed by atoms with Crippen LogP contribution in [0.3, 0.4) is 0 Å². The molecule has 4 aromatic carbocycles. The van der Waals surface area contributed by atoms with Gasteiger partial charge in [-0.25, -0.2) is 0 Å². The molecule has 18 nitrogen and oxygen atoms in total. The van der Waals surface area contributed by atoms with Gasteiger partial charge in [-0.1, -0.05) is 29.4 Å². The van der Waals surface area contributed by atoms with Crippen LogP contribution in [0.15, 0.2) is 81.0 Å². The Labute approximate surface area is 355 Å². The van der Waals surface area contributed by atoms with E-state index in [0.717, 1.165) is 6.07 Å². The van der Waals surface area contributed by atoms with Crippen molar-refractivity contribution in [3.8, 4) is 11.3 Å². The average Bonchev–Trinajstić information content (AvgIpc) is 3.64. The molecule has 0 bridgehead atoms. The Kier molecular flexibility index (Phi) is 11.6. The molecule has 4 N–H and O–H groups in total. The summed E-state index contributed by atoms with van der Waals surface area (Å²) in [5, 5.41) is 36.9. The lowest BCUT2D eigenvalue weighted by molar-refractivity contribution is -0.393. The van der Waals surface area contributed by atoms with Crippen LogP contribution < -0.4 is 20.9 Å². The fourth-order valence-electron chi connectivity index (χ4n) is 7.67. The highest BCUT2D eigenvalue weighted by Crippen LogP contribution is 2.47. The Balaban J connectivity index is 1.07. The first-order valence-corrected chi connectivity index (χ1v) is 21.3. The van der Waals surface area contributed by atoms with Gasteiger partial charge in [-0.2, -0.15) is 8.42 Å². The summed E-state index contributed by atoms with van der Waals surface area (Å²) in [5.41, 5.74) is 0.236. The number of nitrogens with one attached hydrogen (secondary N) is 3. The summed E-state index contributed by atoms with van der Waals surface area (Å²) in [5.74, 6) is -0.602. The minimum atomic E-state index is -4.69. The standard InChI is InChI=1S/C41H43N7O11S2/c1-40(2,44-28-13-11-24(47(51)52)18-31(28)48(53)54)15-17-58-41(3,4)22-42-39(50)23-8-7-16-46(21-23)32-20-30(43-29-14-12-25(60)19-33(29)61(55,56)57)34-35-36(32)45-59-38(35)27-10-6-5-9-26(27)37(34)49/h5-6,9-14,18-20,23,43-44,60H,7-8,15-17,21-22H2,1-4H3,(H,42,50)(H,55,56,57)/p+1/t23-/m0/s1. The van der Waals surface area contributed by atoms with Crippen molar-refractivity contribution >= 4 is 79.5 Å². The van der Waals surface area contributed by atoms with Crippen LogP contribution in [0.2, 0.25) is 0 Å². The molecule has 1 aliphatic carbocycles. The van der Waals surface area contributed by atoms with Crippen LogP contribution in [0.25, 0.3) is 22.2 Å². The molecule has 1 fully saturated rings. The van der Waals surface area contributed by atoms with Gasteiger partial charge in [0, 0.05) is 55.0 Å². The van der Waals surface area contributed by atoms with E-state index >= 15 is 0 Å². The number of fused-ring (bicyclic) bond motifs is 2. The number of ketones is 1. The Hall–Kier alpha value is -6.09. The predicted molar refractivity (Wildman–Crippen MR) is 231 cm³/mol. The summed E-state index contributed by atoms with van der Waals surface area (Å²) in [4.78, 5) is 51.3. The number of nitrogens with zero attached hydrogens (tertiary/aromatic N) is 4. The molecule has 1 aliphatic heterocycles. The number of hydrogen-bond donors (Lipinski definition) is 4. The van der Waals surface area contributed by atoms with Crippen molar-refractivity contribution in [3.63, 3.8) is 0 Å². The Bertz CT molecular complexity index is 2720. The van der Waals surface area contributed by atoms with Crippen LogP contribution in [0, 0.1) is 26.1 Å². The number of carbonyl (C=O) groups excluding carboxylic acids is 2. The minimum Gasteiger partial charge on any atom is -0.375 e. The first kappa shape index (κ1) is 43.0. The van der Waals surface area contributed by atoms with E-state index in [9.17, 15) is 42.8 Å². The van der Waals surface area contributed by atoms with Crippen LogP contribution in [-0.2, 0) is 32.3 Å². The number of aromatic nitrogens is 1. The number of carbonyl (C=O) groups is 2. The number of nitro groups is 2. The van der Waals surface area contributed by atoms with Crippen LogP contribution in [0.1, 0.15) is 62.9 Å². The molecule has 0 unspecified atom stereocenters. The lowest BCUT2D eigenvalue weighted by atomic mass is 9.86. The number of amides is 1. The molecule has 1 aromatic heterocycles. The molecular formula is C41H44N7O11S2+. The largest absolute Gasteiger partial charge is 0.375 e. The van der Waals surface area contributed by atoms with Gasteiger partial charge in [0.05, 0.1) is 55.4 Å². The molecule has 5 aromatic rings. The van der Waals surface area contributed by atoms with Crippen LogP contribution in [0.4, 0.5) is 34.1 Å². The number of anilines is 4. The van der Waals surface area contributed by atoms with E-state index in [1.54, 1.807) is 36.4 Å². The molecule has 2 aliphatic rings. The van der Waals surface area contributed by atoms with Crippen molar-refractivity contribution in [2.75, 3.05) is 41.8 Å². The van der Waals surface area contributed by atoms with Crippen molar-refractivity contribution in [3.05, 3.63) is 98.1 Å². The maximum atomic E-state index is 14.2. The summed E-state index contributed by atoms with van der Waals surface area (Å²) in [6.45, 7) is 8.54. The lowest BCUT2D eigenvalue weighted by Crippen LogP contribution is -2.47. The van der Waals surface area contributed by atoms with Crippen LogP contribution >= 0.6 is 0 Å². The third kappa shape index (κ3) is 9.02. The van der Waals surface area contributed by atoms with E-state index in [1.807, 2.05) is 32.6 Å². The zero-order valence-corrected chi connectivity index (χ0v) is 35.4. The molecule has 0 spiro atoms. The van der Waals surface area contributed by atoms with E-state index < -0.39 is 47.6 Å². The SMILES string of the molecule is CC(C)(CCOC(C)(C)CNC(=O)[C@H]1CCCN(c2cc(Nc3ccc([SH2+])cc3S(=O)(=O)O)c3c4c(onc24)-c2ccccc2C3=O)C1)Nc1ccc([N+](=O)[O-])cc1[N+](=O)[O-]. The lowest BCUT2D eigenvalue weighted by Gasteiger charge is -2.35. The molecule has 1 saturated heterocycles. The van der Waals surface area contributed by atoms with Gasteiger partial charge in [0.2, 0.25) is 5.91 Å². The summed E-state index contributed by atoms with van der Waals surface area (Å²) in [6, 6.07) is 16.4. The smallest absolute Gasteiger partial charge is 0.299 e. The van der Waals surface area contributed by atoms with Crippen molar-refractivity contribution in [1.82, 2.24) is 10.5 Å². The highest BCUT2D eigenvalue weighted by molar-refractivity contribution is 7.86. The first-order chi connectivity index (χ1) is 28.7. The normalized spacial score (nSPS) is 15.3. The molecule has 0 radical (unpaired) electrons. The number of rotatable bonds is 15. The van der Waals surface area contributed by atoms with E-state index in [4.69, 9.17) is 9.26 Å². The molecule has 61 heavy (non-hydrogen) atoms. The number of non-ortho nitro benzene ring substituents is 1. The van der Waals surface area contributed by atoms with E-state index in [-0.39, 0.29) is 59.7 Å². The number of ether oxygens (including phenoxy) is 1. The van der Waals surface area contributed by atoms with Gasteiger partial charge < -0.3 is 30.1 Å². The highest BCUT2D eigenvalue weighted by Gasteiger charge is 2.36. The Morgan fingerprint density at radius 1 is 1.02 bits per heavy atom. The highest BCUT2D eigenvalue weighted by atomic mass is 32.2. The van der Waals surface area contributed by atoms with Gasteiger partial charge >= 0.3 is 0 Å². The summed E-state index contributed by atoms with van der Waals surface area (Å²) in [7, 11) is -4.69. The van der Waals surface area contributed by atoms with E-state index in [2.05, 4.69) is 33.7 Å². The number of hydrogen-bond acceptors (Lipinski definition) is 14. The van der Waals surface area contributed by atoms with E-state index in [1.165, 1.54) is 24.3 Å². The van der Waals surface area contributed by atoms with Crippen molar-refractivity contribution < 1.29 is 41.7 Å². The van der Waals surface area contributed by atoms with Gasteiger partial charge in [0.25, 0.3) is 21.5 Å². The van der Waals surface area contributed by atoms with Gasteiger partial charge in [-0.15, -0.1) is 0 Å². The quantitative estimate of drug-likeness (QED) is 0.0366. The number of benzene rings is 4. The average molecular weight is 875 g/mol. The van der Waals surface area contributed by atoms with Crippen molar-refractivity contribution in [2.45, 2.75) is 67.9 Å². The predicted octanol–water partition coefficient (Wildman–Crippen LogP) is 6.62. The minimum absolute atomic E-state index is 0.0322. The zero-order chi connectivity index (χ0) is 44.0. The van der Waals surface area contributed by atoms with Crippen LogP contribution in [0.5, 0.6) is 0 Å². The van der Waals surface area contributed by atoms with E-state index in [0.29, 0.717) is 64.2 Å².